The van der Waals surface area contributed by atoms with Crippen molar-refractivity contribution in [3.63, 3.8) is 0 Å². The van der Waals surface area contributed by atoms with Crippen LogP contribution < -0.4 is 5.32 Å². The second-order valence-corrected chi connectivity index (χ2v) is 9.64. The fourth-order valence-corrected chi connectivity index (χ4v) is 5.28. The number of carbonyl (C=O) groups excluding carboxylic acids is 2. The van der Waals surface area contributed by atoms with Crippen LogP contribution in [-0.4, -0.2) is 23.1 Å². The van der Waals surface area contributed by atoms with Crippen molar-refractivity contribution in [2.24, 2.45) is 0 Å². The molecular weight excluding hydrogens is 470 g/mol. The van der Waals surface area contributed by atoms with Gasteiger partial charge < -0.3 is 14.6 Å². The zero-order chi connectivity index (χ0) is 25.8. The zero-order valence-electron chi connectivity index (χ0n) is 20.7. The van der Waals surface area contributed by atoms with Crippen LogP contribution in [0, 0.1) is 32.1 Å². The number of rotatable bonds is 7. The molecule has 0 spiro atoms. The van der Waals surface area contributed by atoms with E-state index in [4.69, 9.17) is 4.74 Å². The lowest BCUT2D eigenvalue weighted by Gasteiger charge is -2.09. The third-order valence-electron chi connectivity index (χ3n) is 6.21. The standard InChI is InChI=1S/C29H27N3O3S/c1-5-35-29(34)26-18(2)20(4)36-28(26)31-27(33)22(16-30)15-24-19(3)32(17-21-11-7-6-8-12-21)25-14-10-9-13-23(24)25/h6-15H,5,17H2,1-4H3,(H,31,33)/b22-15+. The lowest BCUT2D eigenvalue weighted by Crippen LogP contribution is -2.16. The number of anilines is 1. The Morgan fingerprint density at radius 2 is 1.78 bits per heavy atom. The molecule has 0 radical (unpaired) electrons. The van der Waals surface area contributed by atoms with Crippen LogP contribution in [0.2, 0.25) is 0 Å². The molecule has 2 aromatic carbocycles. The highest BCUT2D eigenvalue weighted by molar-refractivity contribution is 7.16. The molecule has 0 bridgehead atoms. The Kier molecular flexibility index (Phi) is 7.37. The molecule has 182 valence electrons. The molecule has 1 N–H and O–H groups in total. The molecule has 4 rings (SSSR count). The molecule has 0 unspecified atom stereocenters. The van der Waals surface area contributed by atoms with E-state index in [0.717, 1.165) is 38.2 Å². The number of benzene rings is 2. The lowest BCUT2D eigenvalue weighted by molar-refractivity contribution is -0.112. The number of nitrogens with one attached hydrogen (secondary N) is 1. The average Bonchev–Trinajstić information content (AvgIpc) is 3.30. The van der Waals surface area contributed by atoms with Gasteiger partial charge in [0.05, 0.1) is 12.2 Å². The second kappa shape index (κ2) is 10.6. The number of hydrogen-bond donors (Lipinski definition) is 1. The van der Waals surface area contributed by atoms with Gasteiger partial charge in [-0.3, -0.25) is 4.79 Å². The summed E-state index contributed by atoms with van der Waals surface area (Å²) < 4.78 is 7.37. The molecule has 0 saturated heterocycles. The van der Waals surface area contributed by atoms with Crippen LogP contribution in [0.15, 0.2) is 60.2 Å². The Balaban J connectivity index is 1.73. The van der Waals surface area contributed by atoms with Gasteiger partial charge in [-0.1, -0.05) is 48.5 Å². The van der Waals surface area contributed by atoms with Gasteiger partial charge in [0.25, 0.3) is 5.91 Å². The summed E-state index contributed by atoms with van der Waals surface area (Å²) in [6.45, 7) is 8.33. The summed E-state index contributed by atoms with van der Waals surface area (Å²) in [4.78, 5) is 26.6. The molecule has 0 aliphatic heterocycles. The molecule has 4 aromatic rings. The maximum Gasteiger partial charge on any atom is 0.341 e. The highest BCUT2D eigenvalue weighted by Gasteiger charge is 2.23. The first kappa shape index (κ1) is 25.0. The van der Waals surface area contributed by atoms with E-state index < -0.39 is 11.9 Å². The monoisotopic (exact) mass is 497 g/mol. The van der Waals surface area contributed by atoms with Crippen LogP contribution in [0.4, 0.5) is 5.00 Å². The van der Waals surface area contributed by atoms with E-state index in [1.54, 1.807) is 13.0 Å². The van der Waals surface area contributed by atoms with Crippen molar-refractivity contribution in [1.82, 2.24) is 4.57 Å². The molecule has 6 nitrogen and oxygen atoms in total. The van der Waals surface area contributed by atoms with Gasteiger partial charge in [-0.15, -0.1) is 11.3 Å². The number of carbonyl (C=O) groups is 2. The van der Waals surface area contributed by atoms with Crippen molar-refractivity contribution in [1.29, 1.82) is 5.26 Å². The molecule has 0 aliphatic carbocycles. The van der Waals surface area contributed by atoms with Crippen molar-refractivity contribution >= 4 is 45.2 Å². The summed E-state index contributed by atoms with van der Waals surface area (Å²) in [6.07, 6.45) is 1.63. The Hall–Kier alpha value is -4.15. The Bertz CT molecular complexity index is 1520. The lowest BCUT2D eigenvalue weighted by atomic mass is 10.1. The topological polar surface area (TPSA) is 84.1 Å². The summed E-state index contributed by atoms with van der Waals surface area (Å²) in [5.74, 6) is -1.06. The first-order valence-corrected chi connectivity index (χ1v) is 12.5. The molecule has 0 aliphatic rings. The summed E-state index contributed by atoms with van der Waals surface area (Å²) in [5, 5.41) is 14.0. The number of nitriles is 1. The summed E-state index contributed by atoms with van der Waals surface area (Å²) in [6, 6.07) is 20.2. The minimum Gasteiger partial charge on any atom is -0.462 e. The van der Waals surface area contributed by atoms with Crippen LogP contribution in [-0.2, 0) is 16.1 Å². The van der Waals surface area contributed by atoms with Crippen molar-refractivity contribution in [3.05, 3.63) is 93.0 Å². The number of para-hydroxylation sites is 1. The van der Waals surface area contributed by atoms with E-state index >= 15 is 0 Å². The maximum absolute atomic E-state index is 13.2. The highest BCUT2D eigenvalue weighted by Crippen LogP contribution is 2.34. The van der Waals surface area contributed by atoms with Crippen LogP contribution in [0.5, 0.6) is 0 Å². The van der Waals surface area contributed by atoms with E-state index in [-0.39, 0.29) is 12.2 Å². The van der Waals surface area contributed by atoms with Gasteiger partial charge in [0.1, 0.15) is 16.6 Å². The van der Waals surface area contributed by atoms with E-state index in [2.05, 4.69) is 22.0 Å². The Morgan fingerprint density at radius 1 is 1.08 bits per heavy atom. The molecule has 2 aromatic heterocycles. The maximum atomic E-state index is 13.2. The number of hydrogen-bond acceptors (Lipinski definition) is 5. The van der Waals surface area contributed by atoms with Crippen molar-refractivity contribution in [2.75, 3.05) is 11.9 Å². The molecule has 0 atom stereocenters. The van der Waals surface area contributed by atoms with E-state index in [9.17, 15) is 14.9 Å². The predicted molar refractivity (Wildman–Crippen MR) is 144 cm³/mol. The smallest absolute Gasteiger partial charge is 0.341 e. The first-order valence-electron chi connectivity index (χ1n) is 11.7. The van der Waals surface area contributed by atoms with E-state index in [0.29, 0.717) is 17.1 Å². The number of fused-ring (bicyclic) bond motifs is 1. The molecule has 0 saturated carbocycles. The van der Waals surface area contributed by atoms with Gasteiger partial charge >= 0.3 is 5.97 Å². The van der Waals surface area contributed by atoms with Crippen LogP contribution in [0.3, 0.4) is 0 Å². The van der Waals surface area contributed by atoms with Gasteiger partial charge in [-0.25, -0.2) is 4.79 Å². The number of aromatic nitrogens is 1. The fraction of sp³-hybridized carbons (Fsp3) is 0.207. The molecule has 1 amide bonds. The summed E-state index contributed by atoms with van der Waals surface area (Å²) in [7, 11) is 0. The number of aryl methyl sites for hydroxylation is 1. The zero-order valence-corrected chi connectivity index (χ0v) is 21.5. The van der Waals surface area contributed by atoms with Gasteiger partial charge in [0.2, 0.25) is 0 Å². The minimum absolute atomic E-state index is 0.0424. The van der Waals surface area contributed by atoms with Crippen molar-refractivity contribution in [3.8, 4) is 6.07 Å². The van der Waals surface area contributed by atoms with Gasteiger partial charge in [0.15, 0.2) is 0 Å². The second-order valence-electron chi connectivity index (χ2n) is 8.42. The first-order chi connectivity index (χ1) is 17.3. The summed E-state index contributed by atoms with van der Waals surface area (Å²) >= 11 is 1.30. The SMILES string of the molecule is CCOC(=O)c1c(NC(=O)/C(C#N)=C/c2c(C)n(Cc3ccccc3)c3ccccc23)sc(C)c1C. The number of ether oxygens (including phenoxy) is 1. The van der Waals surface area contributed by atoms with Crippen molar-refractivity contribution < 1.29 is 14.3 Å². The summed E-state index contributed by atoms with van der Waals surface area (Å²) in [5.41, 5.74) is 5.01. The van der Waals surface area contributed by atoms with Gasteiger partial charge in [0, 0.05) is 33.6 Å². The number of amides is 1. The molecule has 36 heavy (non-hydrogen) atoms. The minimum atomic E-state index is -0.566. The van der Waals surface area contributed by atoms with E-state index in [1.165, 1.54) is 11.3 Å². The van der Waals surface area contributed by atoms with Crippen LogP contribution >= 0.6 is 11.3 Å². The van der Waals surface area contributed by atoms with Gasteiger partial charge in [-0.2, -0.15) is 5.26 Å². The van der Waals surface area contributed by atoms with Gasteiger partial charge in [-0.05, 0) is 51.0 Å². The molecule has 7 heteroatoms. The Labute approximate surface area is 214 Å². The normalized spacial score (nSPS) is 11.4. The average molecular weight is 498 g/mol. The third-order valence-corrected chi connectivity index (χ3v) is 7.33. The number of nitrogens with zero attached hydrogens (tertiary/aromatic N) is 2. The Morgan fingerprint density at radius 3 is 2.47 bits per heavy atom. The largest absolute Gasteiger partial charge is 0.462 e. The molecular formula is C29H27N3O3S. The fourth-order valence-electron chi connectivity index (χ4n) is 4.24. The van der Waals surface area contributed by atoms with E-state index in [1.807, 2.05) is 69.3 Å². The van der Waals surface area contributed by atoms with Crippen molar-refractivity contribution in [2.45, 2.75) is 34.2 Å². The third kappa shape index (κ3) is 4.81. The molecule has 2 heterocycles. The molecule has 0 fully saturated rings. The number of esters is 1. The predicted octanol–water partition coefficient (Wildman–Crippen LogP) is 6.40. The van der Waals surface area contributed by atoms with Crippen LogP contribution in [0.1, 0.15) is 44.5 Å². The quantitative estimate of drug-likeness (QED) is 0.182. The number of thiophene rings is 1. The highest BCUT2D eigenvalue weighted by atomic mass is 32.1. The van der Waals surface area contributed by atoms with Crippen LogP contribution in [0.25, 0.3) is 17.0 Å².